The molecule has 4 heterocycles. The first-order valence-corrected chi connectivity index (χ1v) is 41.0. The first-order valence-electron chi connectivity index (χ1n) is 39.1. The molecular weight excluding hydrogens is 1580 g/mol. The van der Waals surface area contributed by atoms with Crippen LogP contribution in [0, 0.1) is 0 Å². The number of carboxylic acids is 4. The number of hydrogen-bond donors (Lipinski definition) is 14. The zero-order valence-electron chi connectivity index (χ0n) is 66.2. The van der Waals surface area contributed by atoms with Crippen LogP contribution in [0.25, 0.3) is 0 Å². The summed E-state index contributed by atoms with van der Waals surface area (Å²) in [6.07, 6.45) is -0.0760. The van der Waals surface area contributed by atoms with Gasteiger partial charge in [0.2, 0.25) is 65.0 Å². The van der Waals surface area contributed by atoms with Crippen molar-refractivity contribution in [3.8, 4) is 0 Å². The molecule has 5 rings (SSSR count). The number of ether oxygens (including phenoxy) is 3. The van der Waals surface area contributed by atoms with Gasteiger partial charge in [0.05, 0.1) is 81.4 Å². The molecule has 0 radical (unpaired) electrons. The number of aliphatic hydroxyl groups excluding tert-OH is 1. The molecule has 3 saturated heterocycles. The van der Waals surface area contributed by atoms with Crippen LogP contribution in [0.5, 0.6) is 0 Å². The van der Waals surface area contributed by atoms with Crippen LogP contribution in [-0.2, 0) is 102 Å². The number of carboxylic acid groups (broad SMARTS) is 4. The van der Waals surface area contributed by atoms with Gasteiger partial charge in [-0.15, -0.1) is 23.5 Å². The van der Waals surface area contributed by atoms with Crippen LogP contribution in [-0.4, -0.2) is 365 Å². The van der Waals surface area contributed by atoms with Crippen LogP contribution in [0.4, 0.5) is 0 Å². The van der Waals surface area contributed by atoms with E-state index in [1.807, 2.05) is 6.92 Å². The molecule has 4 aliphatic heterocycles. The minimum Gasteiger partial charge on any atom is -0.481 e. The minimum atomic E-state index is -1.90. The summed E-state index contributed by atoms with van der Waals surface area (Å²) in [6.45, 7) is 5.05. The van der Waals surface area contributed by atoms with E-state index in [0.29, 0.717) is 67.6 Å². The molecule has 43 heteroatoms. The Kier molecular flexibility index (Phi) is 43.9. The molecule has 3 fully saturated rings. The van der Waals surface area contributed by atoms with Crippen LogP contribution in [0.2, 0.25) is 0 Å². The van der Waals surface area contributed by atoms with E-state index in [1.54, 1.807) is 49.9 Å². The van der Waals surface area contributed by atoms with Crippen molar-refractivity contribution in [1.29, 1.82) is 0 Å². The Morgan fingerprint density at radius 3 is 1.50 bits per heavy atom. The molecule has 0 spiro atoms. The van der Waals surface area contributed by atoms with E-state index in [1.165, 1.54) is 16.7 Å². The van der Waals surface area contributed by atoms with Gasteiger partial charge in [0.15, 0.2) is 0 Å². The highest BCUT2D eigenvalue weighted by molar-refractivity contribution is 8.08. The van der Waals surface area contributed by atoms with Crippen molar-refractivity contribution in [3.63, 3.8) is 0 Å². The Morgan fingerprint density at radius 2 is 0.983 bits per heavy atom. The van der Waals surface area contributed by atoms with Gasteiger partial charge in [0, 0.05) is 123 Å². The summed E-state index contributed by atoms with van der Waals surface area (Å²) in [7, 11) is 0. The molecular formula is C74H114N16O25S2. The summed E-state index contributed by atoms with van der Waals surface area (Å²) >= 11 is 1.24. The normalized spacial score (nSPS) is 18.3. The average Bonchev–Trinajstić information content (AvgIpc) is 1.65. The van der Waals surface area contributed by atoms with E-state index in [9.17, 15) is 107 Å². The van der Waals surface area contributed by atoms with E-state index in [2.05, 4.69) is 31.9 Å². The van der Waals surface area contributed by atoms with Crippen LogP contribution >= 0.6 is 23.5 Å². The summed E-state index contributed by atoms with van der Waals surface area (Å²) in [5.41, 5.74) is 17.1. The second-order valence-electron chi connectivity index (χ2n) is 28.6. The fraction of sp³-hybridized carbons (Fsp3) is 0.662. The zero-order valence-corrected chi connectivity index (χ0v) is 67.8. The number of amides is 13. The lowest BCUT2D eigenvalue weighted by atomic mass is 10.0. The van der Waals surface area contributed by atoms with E-state index in [-0.39, 0.29) is 192 Å². The zero-order chi connectivity index (χ0) is 86.1. The molecule has 0 saturated carbocycles. The van der Waals surface area contributed by atoms with E-state index >= 15 is 0 Å². The number of carbonyl (C=O) groups excluding carboxylic acids is 13. The maximum Gasteiger partial charge on any atom is 0.317 e. The summed E-state index contributed by atoms with van der Waals surface area (Å²) in [5, 5.41) is 63.5. The van der Waals surface area contributed by atoms with E-state index in [0.717, 1.165) is 11.3 Å². The van der Waals surface area contributed by atoms with Gasteiger partial charge in [0.25, 0.3) is 11.8 Å². The van der Waals surface area contributed by atoms with Crippen molar-refractivity contribution < 1.29 is 121 Å². The Labute approximate surface area is 685 Å². The summed E-state index contributed by atoms with van der Waals surface area (Å²) in [5.74, 6) is -16.9. The third-order valence-corrected chi connectivity index (χ3v) is 21.6. The first kappa shape index (κ1) is 98.1. The van der Waals surface area contributed by atoms with E-state index in [4.69, 9.17) is 31.4 Å². The number of hydrogen-bond acceptors (Lipinski definition) is 27. The number of unbranched alkanes of at least 4 members (excludes halogenated alkanes) is 2. The summed E-state index contributed by atoms with van der Waals surface area (Å²) in [4.78, 5) is 236. The number of nitrogens with two attached hydrogens (primary N) is 3. The second-order valence-corrected chi connectivity index (χ2v) is 30.7. The van der Waals surface area contributed by atoms with Crippen molar-refractivity contribution in [2.24, 2.45) is 17.2 Å². The Hall–Kier alpha value is -9.47. The fourth-order valence-electron chi connectivity index (χ4n) is 13.2. The van der Waals surface area contributed by atoms with Gasteiger partial charge in [0.1, 0.15) is 42.3 Å². The standard InChI is InChI=1S/C74H114N16O25S2/c1-3-4-6-17-57(93)80-53(71(109)89-22-10-16-55(89)72(110)88-21-9-15-54(88)67(77)105)46-117-65-64(116-45-52(70(108)81-50(66(76)104)40-60(96)97)83-69(107)51(39-48-13-7-5-8-14-48)82-68(106)49(18-19-56(75)92)79-58(94)38-47(2)91)73(111)90(74(65)112)23-12-33-114-35-37-115-36-34-113-32-11-20-78-59(95)41-84-24-26-85(42-61(98)99)28-30-87(44-63(102)103)31-29-86(27-25-84)43-62(100)101/h5,7-8,13-14,47,49-55,91H,3-4,6,9-12,15-46H2,1-2H3,(H2,75,92)(H2,76,104)(H2,77,105)(H,78,95)(H,79,94)(H,80,93)(H,81,108)(H,82,106)(H,83,107)(H,96,97)(H,98,99)(H,100,101)(H,102,103)/t47-,49+,50+,51+,52+,53+,54+,55+/m1/s1. The number of benzene rings is 1. The molecule has 1 aromatic rings. The van der Waals surface area contributed by atoms with Crippen molar-refractivity contribution >= 4 is 124 Å². The lowest BCUT2D eigenvalue weighted by Gasteiger charge is -2.32. The van der Waals surface area contributed by atoms with Gasteiger partial charge in [-0.1, -0.05) is 50.1 Å². The van der Waals surface area contributed by atoms with Crippen molar-refractivity contribution in [2.75, 3.05) is 156 Å². The van der Waals surface area contributed by atoms with E-state index < -0.39 is 174 Å². The molecule has 0 aliphatic carbocycles. The smallest absolute Gasteiger partial charge is 0.317 e. The number of primary amides is 3. The molecule has 17 N–H and O–H groups in total. The summed E-state index contributed by atoms with van der Waals surface area (Å²) < 4.78 is 17.2. The van der Waals surface area contributed by atoms with Crippen molar-refractivity contribution in [1.82, 2.24) is 66.2 Å². The number of thioether (sulfide) groups is 2. The molecule has 0 unspecified atom stereocenters. The third kappa shape index (κ3) is 36.1. The van der Waals surface area contributed by atoms with Gasteiger partial charge in [-0.3, -0.25) is 106 Å². The predicted molar refractivity (Wildman–Crippen MR) is 421 cm³/mol. The van der Waals surface area contributed by atoms with Gasteiger partial charge < -0.3 is 98.6 Å². The van der Waals surface area contributed by atoms with Crippen LogP contribution in [0.3, 0.4) is 0 Å². The number of aliphatic carboxylic acids is 4. The van der Waals surface area contributed by atoms with Gasteiger partial charge in [-0.05, 0) is 63.9 Å². The van der Waals surface area contributed by atoms with Crippen LogP contribution in [0.15, 0.2) is 40.1 Å². The van der Waals surface area contributed by atoms with Crippen molar-refractivity contribution in [2.45, 2.75) is 159 Å². The topological polar surface area (TPSA) is 592 Å². The second kappa shape index (κ2) is 52.4. The van der Waals surface area contributed by atoms with Gasteiger partial charge >= 0.3 is 23.9 Å². The quantitative estimate of drug-likeness (QED) is 0.0215. The van der Waals surface area contributed by atoms with Crippen LogP contribution in [0.1, 0.15) is 109 Å². The number of nitrogens with zero attached hydrogens (tertiary/aromatic N) is 7. The third-order valence-electron chi connectivity index (χ3n) is 19.2. The molecule has 0 aromatic heterocycles. The van der Waals surface area contributed by atoms with Gasteiger partial charge in [-0.2, -0.15) is 0 Å². The predicted octanol–water partition coefficient (Wildman–Crippen LogP) is -4.83. The number of aliphatic hydroxyl groups is 1. The SMILES string of the molecule is CCCCCC(=O)N[C@@H](CSC1=C(SC[C@H](NC(=O)[C@H](Cc2ccccc2)NC(=O)[C@H](CCC(N)=O)NC(=O)C[C@@H](C)O)C(=O)N[C@@H](CC(=O)O)C(N)=O)C(=O)N(CCCOCCOCCOCCCNC(=O)CN2CCN(CC(=O)O)CCN(CC(=O)O)CCN(CC(=O)O)CC2)C1=O)C(=O)N1CCC[C@H]1C(=O)N1CCC[C@H]1C(N)=O. The Morgan fingerprint density at radius 1 is 0.504 bits per heavy atom. The molecule has 4 aliphatic rings. The molecule has 1 aromatic carbocycles. The lowest BCUT2D eigenvalue weighted by Crippen LogP contribution is -2.59. The number of likely N-dealkylation sites (tertiary alicyclic amines) is 2. The van der Waals surface area contributed by atoms with Crippen LogP contribution < -0.4 is 49.1 Å². The molecule has 13 amide bonds. The Bertz CT molecular complexity index is 3570. The first-order chi connectivity index (χ1) is 55.7. The monoisotopic (exact) mass is 1690 g/mol. The number of nitrogens with one attached hydrogen (secondary N) is 6. The number of carbonyl (C=O) groups is 17. The maximum absolute atomic E-state index is 14.9. The minimum absolute atomic E-state index is 0.0130. The highest BCUT2D eigenvalue weighted by Gasteiger charge is 2.45. The fourth-order valence-corrected chi connectivity index (χ4v) is 15.5. The molecule has 8 atom stereocenters. The summed E-state index contributed by atoms with van der Waals surface area (Å²) in [6, 6.07) is -2.26. The number of imide groups is 1. The highest BCUT2D eigenvalue weighted by Crippen LogP contribution is 2.38. The molecule has 0 bridgehead atoms. The largest absolute Gasteiger partial charge is 0.481 e. The Balaban J connectivity index is 1.31. The van der Waals surface area contributed by atoms with Gasteiger partial charge in [-0.25, -0.2) is 0 Å². The molecule has 41 nitrogen and oxygen atoms in total. The highest BCUT2D eigenvalue weighted by atomic mass is 32.2. The lowest BCUT2D eigenvalue weighted by molar-refractivity contribution is -0.147. The molecule has 652 valence electrons. The average molecular weight is 1690 g/mol. The van der Waals surface area contributed by atoms with Crippen molar-refractivity contribution in [3.05, 3.63) is 45.7 Å². The number of rotatable bonds is 53. The molecule has 117 heavy (non-hydrogen) atoms. The maximum atomic E-state index is 14.9.